The summed E-state index contributed by atoms with van der Waals surface area (Å²) in [6.45, 7) is 7.42. The van der Waals surface area contributed by atoms with Gasteiger partial charge in [-0.15, -0.1) is 0 Å². The van der Waals surface area contributed by atoms with Crippen LogP contribution in [0.3, 0.4) is 0 Å². The molecule has 0 bridgehead atoms. The maximum absolute atomic E-state index is 13.3. The van der Waals surface area contributed by atoms with Gasteiger partial charge in [-0.2, -0.15) is 0 Å². The monoisotopic (exact) mass is 222 g/mol. The predicted molar refractivity (Wildman–Crippen MR) is 64.5 cm³/mol. The first-order chi connectivity index (χ1) is 7.48. The minimum Gasteiger partial charge on any atom is -0.396 e. The van der Waals surface area contributed by atoms with E-state index in [1.54, 1.807) is 6.07 Å². The molecule has 0 aliphatic carbocycles. The first-order valence-corrected chi connectivity index (χ1v) is 5.73. The smallest absolute Gasteiger partial charge is 0.146 e. The van der Waals surface area contributed by atoms with Gasteiger partial charge < -0.3 is 5.73 Å². The number of anilines is 1. The summed E-state index contributed by atoms with van der Waals surface area (Å²) in [6.07, 6.45) is 1.20. The molecule has 0 saturated carbocycles. The lowest BCUT2D eigenvalue weighted by molar-refractivity contribution is 0.284. The number of nitrogens with zero attached hydrogens (tertiary/aromatic N) is 1. The molecule has 1 aromatic rings. The van der Waals surface area contributed by atoms with Gasteiger partial charge in [0.15, 0.2) is 0 Å². The molecule has 0 aromatic heterocycles. The molecule has 1 heterocycles. The summed E-state index contributed by atoms with van der Waals surface area (Å²) in [5, 5.41) is 0. The Morgan fingerprint density at radius 2 is 2.19 bits per heavy atom. The maximum atomic E-state index is 13.3. The molecule has 88 valence electrons. The summed E-state index contributed by atoms with van der Waals surface area (Å²) >= 11 is 0. The Bertz CT molecular complexity index is 388. The molecule has 0 radical (unpaired) electrons. The number of nitrogens with two attached hydrogens (primary N) is 1. The van der Waals surface area contributed by atoms with Gasteiger partial charge in [0.05, 0.1) is 5.69 Å². The van der Waals surface area contributed by atoms with Gasteiger partial charge in [0.2, 0.25) is 0 Å². The molecule has 0 atom stereocenters. The number of likely N-dealkylation sites (tertiary alicyclic amines) is 1. The Labute approximate surface area is 96.2 Å². The third kappa shape index (κ3) is 2.35. The zero-order chi connectivity index (χ0) is 11.8. The lowest BCUT2D eigenvalue weighted by Crippen LogP contribution is -2.23. The Hall–Kier alpha value is -1.09. The van der Waals surface area contributed by atoms with Crippen LogP contribution in [0, 0.1) is 11.2 Å². The van der Waals surface area contributed by atoms with Gasteiger partial charge in [0, 0.05) is 13.1 Å². The van der Waals surface area contributed by atoms with Crippen molar-refractivity contribution in [1.29, 1.82) is 0 Å². The molecule has 16 heavy (non-hydrogen) atoms. The van der Waals surface area contributed by atoms with Crippen molar-refractivity contribution >= 4 is 5.69 Å². The number of para-hydroxylation sites is 1. The highest BCUT2D eigenvalue weighted by atomic mass is 19.1. The van der Waals surface area contributed by atoms with Crippen LogP contribution < -0.4 is 5.73 Å². The van der Waals surface area contributed by atoms with E-state index >= 15 is 0 Å². The van der Waals surface area contributed by atoms with Crippen molar-refractivity contribution in [3.8, 4) is 0 Å². The van der Waals surface area contributed by atoms with E-state index in [0.717, 1.165) is 25.2 Å². The van der Waals surface area contributed by atoms with Crippen molar-refractivity contribution < 1.29 is 4.39 Å². The van der Waals surface area contributed by atoms with Crippen LogP contribution >= 0.6 is 0 Å². The fourth-order valence-corrected chi connectivity index (χ4v) is 2.32. The first-order valence-electron chi connectivity index (χ1n) is 5.73. The summed E-state index contributed by atoms with van der Waals surface area (Å²) in [6, 6.07) is 5.04. The quantitative estimate of drug-likeness (QED) is 0.779. The average molecular weight is 222 g/mol. The Balaban J connectivity index is 2.08. The molecule has 1 aliphatic rings. The number of hydrogen-bond donors (Lipinski definition) is 1. The van der Waals surface area contributed by atoms with E-state index in [0.29, 0.717) is 11.1 Å². The highest BCUT2D eigenvalue weighted by molar-refractivity contribution is 5.47. The lowest BCUT2D eigenvalue weighted by Gasteiger charge is -2.20. The highest BCUT2D eigenvalue weighted by Gasteiger charge is 2.29. The summed E-state index contributed by atoms with van der Waals surface area (Å²) in [4.78, 5) is 2.34. The minimum absolute atomic E-state index is 0.298. The zero-order valence-electron chi connectivity index (χ0n) is 9.96. The summed E-state index contributed by atoms with van der Waals surface area (Å²) in [5.74, 6) is -0.309. The summed E-state index contributed by atoms with van der Waals surface area (Å²) in [5.41, 5.74) is 7.30. The van der Waals surface area contributed by atoms with Crippen LogP contribution in [0.5, 0.6) is 0 Å². The van der Waals surface area contributed by atoms with E-state index in [2.05, 4.69) is 18.7 Å². The molecule has 1 fully saturated rings. The standard InChI is InChI=1S/C13H19FN2/c1-13(2)6-7-16(9-13)8-10-4-3-5-11(14)12(10)15/h3-5H,6-9,15H2,1-2H3. The van der Waals surface area contributed by atoms with Crippen molar-refractivity contribution in [1.82, 2.24) is 4.90 Å². The van der Waals surface area contributed by atoms with Gasteiger partial charge in [-0.25, -0.2) is 4.39 Å². The fraction of sp³-hybridized carbons (Fsp3) is 0.538. The molecule has 1 aromatic carbocycles. The van der Waals surface area contributed by atoms with Crippen LogP contribution in [0.2, 0.25) is 0 Å². The average Bonchev–Trinajstić information content (AvgIpc) is 2.53. The minimum atomic E-state index is -0.309. The maximum Gasteiger partial charge on any atom is 0.146 e. The first kappa shape index (κ1) is 11.4. The third-order valence-corrected chi connectivity index (χ3v) is 3.29. The number of nitrogen functional groups attached to an aromatic ring is 1. The molecule has 3 heteroatoms. The van der Waals surface area contributed by atoms with Crippen molar-refractivity contribution in [3.63, 3.8) is 0 Å². The van der Waals surface area contributed by atoms with Crippen LogP contribution in [-0.2, 0) is 6.54 Å². The second-order valence-corrected chi connectivity index (χ2v) is 5.44. The fourth-order valence-electron chi connectivity index (χ4n) is 2.32. The Kier molecular flexibility index (Phi) is 2.89. The Morgan fingerprint density at radius 1 is 1.44 bits per heavy atom. The van der Waals surface area contributed by atoms with E-state index in [1.165, 1.54) is 12.5 Å². The molecule has 0 spiro atoms. The lowest BCUT2D eigenvalue weighted by atomic mass is 9.93. The van der Waals surface area contributed by atoms with E-state index in [9.17, 15) is 4.39 Å². The van der Waals surface area contributed by atoms with Crippen LogP contribution in [0.1, 0.15) is 25.8 Å². The number of benzene rings is 1. The van der Waals surface area contributed by atoms with E-state index in [-0.39, 0.29) is 5.82 Å². The topological polar surface area (TPSA) is 29.3 Å². The molecule has 1 saturated heterocycles. The van der Waals surface area contributed by atoms with E-state index in [4.69, 9.17) is 5.73 Å². The van der Waals surface area contributed by atoms with Gasteiger partial charge in [0.25, 0.3) is 0 Å². The normalized spacial score (nSPS) is 20.2. The van der Waals surface area contributed by atoms with Crippen LogP contribution in [0.4, 0.5) is 10.1 Å². The van der Waals surface area contributed by atoms with E-state index in [1.807, 2.05) is 6.07 Å². The summed E-state index contributed by atoms with van der Waals surface area (Å²) < 4.78 is 13.3. The molecule has 0 amide bonds. The third-order valence-electron chi connectivity index (χ3n) is 3.29. The number of hydrogen-bond acceptors (Lipinski definition) is 2. The molecule has 1 aliphatic heterocycles. The SMILES string of the molecule is CC1(C)CCN(Cc2cccc(F)c2N)C1. The Morgan fingerprint density at radius 3 is 2.81 bits per heavy atom. The summed E-state index contributed by atoms with van der Waals surface area (Å²) in [7, 11) is 0. The highest BCUT2D eigenvalue weighted by Crippen LogP contribution is 2.30. The van der Waals surface area contributed by atoms with E-state index < -0.39 is 0 Å². The van der Waals surface area contributed by atoms with Crippen molar-refractivity contribution in [3.05, 3.63) is 29.6 Å². The van der Waals surface area contributed by atoms with Crippen molar-refractivity contribution in [2.24, 2.45) is 5.41 Å². The molecule has 2 N–H and O–H groups in total. The second kappa shape index (κ2) is 4.06. The second-order valence-electron chi connectivity index (χ2n) is 5.44. The number of rotatable bonds is 2. The molecular weight excluding hydrogens is 203 g/mol. The van der Waals surface area contributed by atoms with Crippen LogP contribution in [0.15, 0.2) is 18.2 Å². The molecule has 2 rings (SSSR count). The van der Waals surface area contributed by atoms with Crippen LogP contribution in [0.25, 0.3) is 0 Å². The van der Waals surface area contributed by atoms with Crippen molar-refractivity contribution in [2.45, 2.75) is 26.8 Å². The molecule has 2 nitrogen and oxygen atoms in total. The van der Waals surface area contributed by atoms with Gasteiger partial charge in [0.1, 0.15) is 5.82 Å². The molecule has 0 unspecified atom stereocenters. The van der Waals surface area contributed by atoms with Crippen molar-refractivity contribution in [2.75, 3.05) is 18.8 Å². The predicted octanol–water partition coefficient (Wildman–Crippen LogP) is 2.64. The van der Waals surface area contributed by atoms with Crippen LogP contribution in [-0.4, -0.2) is 18.0 Å². The molecular formula is C13H19FN2. The largest absolute Gasteiger partial charge is 0.396 e. The number of halogens is 1. The van der Waals surface area contributed by atoms with Gasteiger partial charge in [-0.3, -0.25) is 4.90 Å². The zero-order valence-corrected chi connectivity index (χ0v) is 9.96. The van der Waals surface area contributed by atoms with Gasteiger partial charge in [-0.05, 0) is 30.0 Å². The van der Waals surface area contributed by atoms with Gasteiger partial charge >= 0.3 is 0 Å². The van der Waals surface area contributed by atoms with Gasteiger partial charge in [-0.1, -0.05) is 26.0 Å².